The van der Waals surface area contributed by atoms with E-state index in [9.17, 15) is 14.4 Å². The summed E-state index contributed by atoms with van der Waals surface area (Å²) in [7, 11) is 4.39. The standard InChI is InChI=1S/C21H20N2O6/c1-12-6-5-7-13(8-12)23-20(25)16(19(24)22-21(23)26)11-15-17(28-3)9-14(27-2)10-18(15)29-4/h5-11H,1-4H3,(H,22,24,26). The summed E-state index contributed by atoms with van der Waals surface area (Å²) in [6, 6.07) is 9.25. The summed E-state index contributed by atoms with van der Waals surface area (Å²) in [6.07, 6.45) is 1.34. The van der Waals surface area contributed by atoms with Crippen LogP contribution in [-0.4, -0.2) is 39.2 Å². The lowest BCUT2D eigenvalue weighted by atomic mass is 10.0. The van der Waals surface area contributed by atoms with Gasteiger partial charge in [0.2, 0.25) is 0 Å². The van der Waals surface area contributed by atoms with Crippen LogP contribution in [0.5, 0.6) is 17.2 Å². The van der Waals surface area contributed by atoms with E-state index in [1.54, 1.807) is 30.3 Å². The van der Waals surface area contributed by atoms with Crippen LogP contribution < -0.4 is 24.4 Å². The molecule has 1 saturated heterocycles. The Morgan fingerprint density at radius 3 is 2.14 bits per heavy atom. The van der Waals surface area contributed by atoms with Crippen LogP contribution in [0.1, 0.15) is 11.1 Å². The number of amides is 4. The first-order chi connectivity index (χ1) is 13.9. The molecule has 1 aliphatic rings. The number of barbiturate groups is 1. The van der Waals surface area contributed by atoms with Gasteiger partial charge in [-0.05, 0) is 30.7 Å². The summed E-state index contributed by atoms with van der Waals surface area (Å²) in [5, 5.41) is 2.20. The fourth-order valence-corrected chi connectivity index (χ4v) is 2.98. The second kappa shape index (κ2) is 8.05. The molecule has 0 atom stereocenters. The quantitative estimate of drug-likeness (QED) is 0.617. The SMILES string of the molecule is COc1cc(OC)c(C=C2C(=O)NC(=O)N(c3cccc(C)c3)C2=O)c(OC)c1. The Hall–Kier alpha value is -3.81. The number of urea groups is 1. The number of carbonyl (C=O) groups is 3. The number of anilines is 1. The van der Waals surface area contributed by atoms with Crippen LogP contribution in [0, 0.1) is 6.92 Å². The van der Waals surface area contributed by atoms with E-state index in [2.05, 4.69) is 5.32 Å². The van der Waals surface area contributed by atoms with E-state index < -0.39 is 17.8 Å². The van der Waals surface area contributed by atoms with Crippen LogP contribution in [-0.2, 0) is 9.59 Å². The molecule has 2 aromatic carbocycles. The van der Waals surface area contributed by atoms with Crippen molar-refractivity contribution in [1.29, 1.82) is 0 Å². The fourth-order valence-electron chi connectivity index (χ4n) is 2.98. The Balaban J connectivity index is 2.12. The Labute approximate surface area is 167 Å². The monoisotopic (exact) mass is 396 g/mol. The van der Waals surface area contributed by atoms with E-state index >= 15 is 0 Å². The number of ether oxygens (including phenoxy) is 3. The highest BCUT2D eigenvalue weighted by atomic mass is 16.5. The summed E-state index contributed by atoms with van der Waals surface area (Å²) in [6.45, 7) is 1.84. The lowest BCUT2D eigenvalue weighted by molar-refractivity contribution is -0.122. The third-order valence-corrected chi connectivity index (χ3v) is 4.40. The van der Waals surface area contributed by atoms with Crippen LogP contribution in [0.25, 0.3) is 6.08 Å². The van der Waals surface area contributed by atoms with Gasteiger partial charge in [0.1, 0.15) is 22.8 Å². The number of imide groups is 2. The Bertz CT molecular complexity index is 1000. The van der Waals surface area contributed by atoms with Gasteiger partial charge in [0.25, 0.3) is 11.8 Å². The highest BCUT2D eigenvalue weighted by Crippen LogP contribution is 2.36. The summed E-state index contributed by atoms with van der Waals surface area (Å²) < 4.78 is 15.9. The number of rotatable bonds is 5. The first-order valence-corrected chi connectivity index (χ1v) is 8.67. The number of benzene rings is 2. The Morgan fingerprint density at radius 2 is 1.59 bits per heavy atom. The van der Waals surface area contributed by atoms with Crippen LogP contribution in [0.15, 0.2) is 42.0 Å². The van der Waals surface area contributed by atoms with E-state index in [-0.39, 0.29) is 5.57 Å². The van der Waals surface area contributed by atoms with Gasteiger partial charge in [0, 0.05) is 12.1 Å². The number of nitrogens with one attached hydrogen (secondary N) is 1. The largest absolute Gasteiger partial charge is 0.496 e. The molecule has 0 aliphatic carbocycles. The highest BCUT2D eigenvalue weighted by molar-refractivity contribution is 6.39. The minimum Gasteiger partial charge on any atom is -0.496 e. The molecule has 1 heterocycles. The van der Waals surface area contributed by atoms with Gasteiger partial charge in [0.15, 0.2) is 0 Å². The zero-order valence-electron chi connectivity index (χ0n) is 16.4. The topological polar surface area (TPSA) is 94.2 Å². The fraction of sp³-hybridized carbons (Fsp3) is 0.190. The van der Waals surface area contributed by atoms with Crippen molar-refractivity contribution in [2.75, 3.05) is 26.2 Å². The van der Waals surface area contributed by atoms with Crippen molar-refractivity contribution in [2.45, 2.75) is 6.92 Å². The molecule has 8 heteroatoms. The van der Waals surface area contributed by atoms with Gasteiger partial charge < -0.3 is 14.2 Å². The summed E-state index contributed by atoms with van der Waals surface area (Å²) in [4.78, 5) is 38.7. The van der Waals surface area contributed by atoms with Crippen molar-refractivity contribution >= 4 is 29.6 Å². The lowest BCUT2D eigenvalue weighted by Crippen LogP contribution is -2.54. The van der Waals surface area contributed by atoms with Crippen molar-refractivity contribution in [3.8, 4) is 17.2 Å². The van der Waals surface area contributed by atoms with Gasteiger partial charge in [-0.1, -0.05) is 12.1 Å². The first kappa shape index (κ1) is 19.9. The number of hydrogen-bond acceptors (Lipinski definition) is 6. The highest BCUT2D eigenvalue weighted by Gasteiger charge is 2.37. The minimum absolute atomic E-state index is 0.229. The maximum Gasteiger partial charge on any atom is 0.335 e. The molecule has 0 aromatic heterocycles. The van der Waals surface area contributed by atoms with Crippen molar-refractivity contribution in [3.63, 3.8) is 0 Å². The van der Waals surface area contributed by atoms with Gasteiger partial charge in [-0.3, -0.25) is 14.9 Å². The average molecular weight is 396 g/mol. The second-order valence-corrected chi connectivity index (χ2v) is 6.24. The molecule has 1 fully saturated rings. The summed E-state index contributed by atoms with van der Waals surface area (Å²) >= 11 is 0. The predicted octanol–water partition coefficient (Wildman–Crippen LogP) is 2.69. The number of carbonyl (C=O) groups excluding carboxylic acids is 3. The molecule has 29 heavy (non-hydrogen) atoms. The van der Waals surface area contributed by atoms with Gasteiger partial charge >= 0.3 is 6.03 Å². The van der Waals surface area contributed by atoms with E-state index in [0.717, 1.165) is 10.5 Å². The van der Waals surface area contributed by atoms with Crippen molar-refractivity contribution in [2.24, 2.45) is 0 Å². The minimum atomic E-state index is -0.809. The van der Waals surface area contributed by atoms with Crippen LogP contribution in [0.2, 0.25) is 0 Å². The average Bonchev–Trinajstić information content (AvgIpc) is 2.70. The van der Waals surface area contributed by atoms with Gasteiger partial charge in [0.05, 0.1) is 32.6 Å². The molecule has 4 amide bonds. The molecule has 3 rings (SSSR count). The van der Waals surface area contributed by atoms with Crippen molar-refractivity contribution in [3.05, 3.63) is 53.1 Å². The smallest absolute Gasteiger partial charge is 0.335 e. The second-order valence-electron chi connectivity index (χ2n) is 6.24. The van der Waals surface area contributed by atoms with E-state index in [4.69, 9.17) is 14.2 Å². The molecule has 150 valence electrons. The summed E-state index contributed by atoms with van der Waals surface area (Å²) in [5.74, 6) is -0.383. The van der Waals surface area contributed by atoms with Gasteiger partial charge in [-0.15, -0.1) is 0 Å². The zero-order valence-corrected chi connectivity index (χ0v) is 16.4. The van der Waals surface area contributed by atoms with Crippen molar-refractivity contribution < 1.29 is 28.6 Å². The Kier molecular flexibility index (Phi) is 5.54. The number of methoxy groups -OCH3 is 3. The maximum atomic E-state index is 13.1. The van der Waals surface area contributed by atoms with Crippen LogP contribution >= 0.6 is 0 Å². The van der Waals surface area contributed by atoms with E-state index in [1.165, 1.54) is 27.4 Å². The molecule has 0 unspecified atom stereocenters. The lowest BCUT2D eigenvalue weighted by Gasteiger charge is -2.26. The molecule has 0 spiro atoms. The van der Waals surface area contributed by atoms with E-state index in [1.807, 2.05) is 13.0 Å². The first-order valence-electron chi connectivity index (χ1n) is 8.67. The van der Waals surface area contributed by atoms with Crippen LogP contribution in [0.4, 0.5) is 10.5 Å². The molecular weight excluding hydrogens is 376 g/mol. The van der Waals surface area contributed by atoms with Gasteiger partial charge in [-0.2, -0.15) is 0 Å². The molecule has 1 N–H and O–H groups in total. The molecule has 1 aliphatic heterocycles. The third kappa shape index (κ3) is 3.77. The Morgan fingerprint density at radius 1 is 0.931 bits per heavy atom. The molecule has 0 bridgehead atoms. The van der Waals surface area contributed by atoms with Crippen molar-refractivity contribution in [1.82, 2.24) is 5.32 Å². The molecule has 2 aromatic rings. The summed E-state index contributed by atoms with van der Waals surface area (Å²) in [5.41, 5.74) is 1.37. The van der Waals surface area contributed by atoms with Crippen LogP contribution in [0.3, 0.4) is 0 Å². The molecular formula is C21H20N2O6. The predicted molar refractivity (Wildman–Crippen MR) is 106 cm³/mol. The normalized spacial score (nSPS) is 15.4. The van der Waals surface area contributed by atoms with Gasteiger partial charge in [-0.25, -0.2) is 9.69 Å². The molecule has 8 nitrogen and oxygen atoms in total. The molecule has 0 saturated carbocycles. The number of aryl methyl sites for hydroxylation is 1. The zero-order chi connectivity index (χ0) is 21.1. The number of hydrogen-bond donors (Lipinski definition) is 1. The maximum absolute atomic E-state index is 13.1. The molecule has 0 radical (unpaired) electrons. The van der Waals surface area contributed by atoms with E-state index in [0.29, 0.717) is 28.5 Å². The third-order valence-electron chi connectivity index (χ3n) is 4.40. The number of nitrogens with zero attached hydrogens (tertiary/aromatic N) is 1.